The predicted octanol–water partition coefficient (Wildman–Crippen LogP) is 4.04. The predicted molar refractivity (Wildman–Crippen MR) is 92.3 cm³/mol. The Hall–Kier alpha value is -1.15. The Balaban J connectivity index is 2.25. The van der Waals surface area contributed by atoms with Gasteiger partial charge in [-0.25, -0.2) is 0 Å². The van der Waals surface area contributed by atoms with Gasteiger partial charge in [0.2, 0.25) is 4.80 Å². The molecule has 0 saturated heterocycles. The largest absolute Gasteiger partial charge is 0.316 e. The molecule has 0 N–H and O–H groups in total. The van der Waals surface area contributed by atoms with Gasteiger partial charge >= 0.3 is 0 Å². The highest BCUT2D eigenvalue weighted by atomic mass is 35.5. The Labute approximate surface area is 141 Å². The third-order valence-corrected chi connectivity index (χ3v) is 7.28. The van der Waals surface area contributed by atoms with Crippen molar-refractivity contribution in [3.8, 4) is 0 Å². The van der Waals surface area contributed by atoms with Crippen LogP contribution in [0.15, 0.2) is 38.9 Å². The van der Waals surface area contributed by atoms with Gasteiger partial charge < -0.3 is 4.57 Å². The van der Waals surface area contributed by atoms with Crippen LogP contribution in [0.3, 0.4) is 0 Å². The summed E-state index contributed by atoms with van der Waals surface area (Å²) >= 11 is 8.22. The highest BCUT2D eigenvalue weighted by Crippen LogP contribution is 2.27. The first-order chi connectivity index (χ1) is 10.4. The summed E-state index contributed by atoms with van der Waals surface area (Å²) in [6.45, 7) is 4.64. The highest BCUT2D eigenvalue weighted by Gasteiger charge is 2.16. The van der Waals surface area contributed by atoms with Crippen LogP contribution in [0.5, 0.6) is 0 Å². The summed E-state index contributed by atoms with van der Waals surface area (Å²) < 4.78 is 32.4. The van der Waals surface area contributed by atoms with E-state index in [-0.39, 0.29) is 4.21 Å². The lowest BCUT2D eigenvalue weighted by Gasteiger charge is -2.00. The zero-order chi connectivity index (χ0) is 15.9. The Morgan fingerprint density at radius 1 is 1.23 bits per heavy atom. The molecule has 0 amide bonds. The summed E-state index contributed by atoms with van der Waals surface area (Å²) in [5.41, 5.74) is 2.13. The topological polar surface area (TPSA) is 51.4 Å². The van der Waals surface area contributed by atoms with Crippen molar-refractivity contribution in [1.29, 1.82) is 0 Å². The van der Waals surface area contributed by atoms with E-state index < -0.39 is 10.0 Å². The van der Waals surface area contributed by atoms with Gasteiger partial charge in [0.15, 0.2) is 0 Å². The van der Waals surface area contributed by atoms with Crippen molar-refractivity contribution >= 4 is 54.5 Å². The number of hydrogen-bond donors (Lipinski definition) is 0. The second kappa shape index (κ2) is 5.81. The molecule has 0 saturated carbocycles. The van der Waals surface area contributed by atoms with Gasteiger partial charge in [-0.05, 0) is 43.7 Å². The van der Waals surface area contributed by atoms with Crippen molar-refractivity contribution in [2.75, 3.05) is 0 Å². The molecule has 2 aromatic heterocycles. The molecule has 0 bridgehead atoms. The number of halogens is 1. The minimum absolute atomic E-state index is 0.161. The van der Waals surface area contributed by atoms with E-state index in [1.807, 2.05) is 36.6 Å². The van der Waals surface area contributed by atoms with E-state index in [0.717, 1.165) is 27.1 Å². The maximum absolute atomic E-state index is 12.4. The molecule has 0 aliphatic carbocycles. The number of fused-ring (bicyclic) bond motifs is 1. The smallest absolute Gasteiger partial charge is 0.294 e. The second-order valence-corrected chi connectivity index (χ2v) is 9.28. The van der Waals surface area contributed by atoms with Crippen LogP contribution in [0, 0.1) is 6.92 Å². The molecule has 116 valence electrons. The molecule has 2 heterocycles. The number of nitrogens with zero attached hydrogens (tertiary/aromatic N) is 2. The molecule has 0 spiro atoms. The van der Waals surface area contributed by atoms with E-state index in [9.17, 15) is 8.42 Å². The minimum Gasteiger partial charge on any atom is -0.316 e. The summed E-state index contributed by atoms with van der Waals surface area (Å²) in [6.07, 6.45) is 0. The molecule has 0 atom stereocenters. The van der Waals surface area contributed by atoms with Gasteiger partial charge in [-0.1, -0.05) is 29.0 Å². The molecule has 1 aromatic carbocycles. The fraction of sp³-hybridized carbons (Fsp3) is 0.214. The summed E-state index contributed by atoms with van der Waals surface area (Å²) in [6, 6.07) is 9.10. The van der Waals surface area contributed by atoms with E-state index >= 15 is 0 Å². The van der Waals surface area contributed by atoms with Crippen molar-refractivity contribution in [1.82, 2.24) is 4.57 Å². The molecule has 22 heavy (non-hydrogen) atoms. The van der Waals surface area contributed by atoms with E-state index in [2.05, 4.69) is 4.40 Å². The van der Waals surface area contributed by atoms with Crippen LogP contribution in [0.2, 0.25) is 4.34 Å². The lowest BCUT2D eigenvalue weighted by atomic mass is 10.2. The fourth-order valence-corrected chi connectivity index (χ4v) is 6.00. The molecule has 4 nitrogen and oxygen atoms in total. The quantitative estimate of drug-likeness (QED) is 0.696. The fourth-order valence-electron chi connectivity index (χ4n) is 2.14. The van der Waals surface area contributed by atoms with Crippen LogP contribution in [0.4, 0.5) is 0 Å². The molecule has 8 heteroatoms. The first-order valence-corrected chi connectivity index (χ1v) is 10.0. The number of sulfonamides is 1. The van der Waals surface area contributed by atoms with Gasteiger partial charge in [-0.2, -0.15) is 8.42 Å². The van der Waals surface area contributed by atoms with Crippen molar-refractivity contribution in [2.24, 2.45) is 4.40 Å². The molecule has 0 aliphatic heterocycles. The van der Waals surface area contributed by atoms with Gasteiger partial charge in [-0.3, -0.25) is 0 Å². The lowest BCUT2D eigenvalue weighted by Crippen LogP contribution is -2.15. The number of aromatic nitrogens is 1. The van der Waals surface area contributed by atoms with Crippen LogP contribution in [-0.2, 0) is 16.6 Å². The molecule has 0 radical (unpaired) electrons. The zero-order valence-corrected chi connectivity index (χ0v) is 15.1. The van der Waals surface area contributed by atoms with Crippen LogP contribution in [0.25, 0.3) is 10.2 Å². The standard InChI is InChI=1S/C14H13ClN2O2S3/c1-3-17-10-5-4-9(2)8-11(10)20-14(17)16-22(18,19)13-7-6-12(15)21-13/h4-8H,3H2,1-2H3/b16-14-. The number of aryl methyl sites for hydroxylation is 2. The summed E-state index contributed by atoms with van der Waals surface area (Å²) in [7, 11) is -3.73. The van der Waals surface area contributed by atoms with Crippen LogP contribution < -0.4 is 4.80 Å². The monoisotopic (exact) mass is 372 g/mol. The van der Waals surface area contributed by atoms with E-state index in [0.29, 0.717) is 15.7 Å². The molecule has 3 aromatic rings. The van der Waals surface area contributed by atoms with Gasteiger partial charge in [0.05, 0.1) is 14.6 Å². The summed E-state index contributed by atoms with van der Waals surface area (Å²) in [4.78, 5) is 0.479. The van der Waals surface area contributed by atoms with Gasteiger partial charge in [0.25, 0.3) is 10.0 Å². The zero-order valence-electron chi connectivity index (χ0n) is 11.9. The summed E-state index contributed by atoms with van der Waals surface area (Å²) in [5, 5.41) is 0. The minimum atomic E-state index is -3.73. The number of hydrogen-bond acceptors (Lipinski definition) is 4. The second-order valence-electron chi connectivity index (χ2n) is 4.72. The lowest BCUT2D eigenvalue weighted by molar-refractivity contribution is 0.597. The summed E-state index contributed by atoms with van der Waals surface area (Å²) in [5.74, 6) is 0. The van der Waals surface area contributed by atoms with E-state index in [1.165, 1.54) is 17.4 Å². The van der Waals surface area contributed by atoms with E-state index in [1.54, 1.807) is 6.07 Å². The van der Waals surface area contributed by atoms with Gasteiger partial charge in [-0.15, -0.1) is 15.7 Å². The Morgan fingerprint density at radius 2 is 2.00 bits per heavy atom. The van der Waals surface area contributed by atoms with E-state index in [4.69, 9.17) is 11.6 Å². The van der Waals surface area contributed by atoms with Crippen molar-refractivity contribution in [3.63, 3.8) is 0 Å². The number of thiophene rings is 1. The third-order valence-electron chi connectivity index (χ3n) is 3.16. The highest BCUT2D eigenvalue weighted by molar-refractivity contribution is 7.92. The van der Waals surface area contributed by atoms with Crippen LogP contribution in [-0.4, -0.2) is 13.0 Å². The Kier molecular flexibility index (Phi) is 4.15. The maximum atomic E-state index is 12.4. The molecular formula is C14H13ClN2O2S3. The Bertz CT molecular complexity index is 1010. The number of benzene rings is 1. The first kappa shape index (κ1) is 15.7. The van der Waals surface area contributed by atoms with Crippen molar-refractivity contribution in [3.05, 3.63) is 45.0 Å². The maximum Gasteiger partial charge on any atom is 0.294 e. The average molecular weight is 373 g/mol. The molecule has 0 fully saturated rings. The van der Waals surface area contributed by atoms with Gasteiger partial charge in [0, 0.05) is 6.54 Å². The van der Waals surface area contributed by atoms with Crippen molar-refractivity contribution < 1.29 is 8.42 Å². The molecule has 0 unspecified atom stereocenters. The van der Waals surface area contributed by atoms with Crippen LogP contribution in [0.1, 0.15) is 12.5 Å². The number of rotatable bonds is 3. The number of thiazole rings is 1. The van der Waals surface area contributed by atoms with Crippen LogP contribution >= 0.6 is 34.3 Å². The first-order valence-electron chi connectivity index (χ1n) is 6.57. The average Bonchev–Trinajstić information content (AvgIpc) is 3.01. The SMILES string of the molecule is CCn1/c(=N/S(=O)(=O)c2ccc(Cl)s2)sc2cc(C)ccc21. The van der Waals surface area contributed by atoms with Crippen molar-refractivity contribution in [2.45, 2.75) is 24.6 Å². The normalized spacial score (nSPS) is 13.1. The Morgan fingerprint density at radius 3 is 2.64 bits per heavy atom. The molecular weight excluding hydrogens is 360 g/mol. The third kappa shape index (κ3) is 2.86. The van der Waals surface area contributed by atoms with Gasteiger partial charge in [0.1, 0.15) is 4.21 Å². The molecule has 0 aliphatic rings. The molecule has 3 rings (SSSR count).